The summed E-state index contributed by atoms with van der Waals surface area (Å²) in [5.74, 6) is 0. The van der Waals surface area contributed by atoms with Crippen LogP contribution in [0.2, 0.25) is 10.0 Å². The van der Waals surface area contributed by atoms with E-state index in [1.807, 2.05) is 6.07 Å². The number of hydrogen-bond donors (Lipinski definition) is 1. The number of nitrogens with zero attached hydrogens (tertiary/aromatic N) is 1. The van der Waals surface area contributed by atoms with Crippen LogP contribution in [0.5, 0.6) is 0 Å². The van der Waals surface area contributed by atoms with E-state index in [1.165, 1.54) is 0 Å². The van der Waals surface area contributed by atoms with E-state index in [9.17, 15) is 17.3 Å². The Morgan fingerprint density at radius 2 is 1.27 bits per heavy atom. The van der Waals surface area contributed by atoms with Crippen LogP contribution in [0.3, 0.4) is 0 Å². The Hall–Kier alpha value is -0.995. The van der Waals surface area contributed by atoms with Gasteiger partial charge in [-0.05, 0) is 18.2 Å². The molecule has 1 N–H and O–H groups in total. The first-order valence-electron chi connectivity index (χ1n) is 3.30. The first-order chi connectivity index (χ1) is 6.79. The predicted molar refractivity (Wildman–Crippen MR) is 49.3 cm³/mol. The topological polar surface area (TPSA) is 47.6 Å². The van der Waals surface area contributed by atoms with Crippen molar-refractivity contribution in [2.75, 3.05) is 0 Å². The number of nitrogens with one attached hydrogen (secondary N) is 1. The Kier molecular flexibility index (Phi) is 9.12. The third-order valence-corrected chi connectivity index (χ3v) is 1.26. The summed E-state index contributed by atoms with van der Waals surface area (Å²) in [6.07, 6.45) is 0. The van der Waals surface area contributed by atoms with Crippen molar-refractivity contribution in [2.45, 2.75) is 0 Å². The number of hydrogen-bond acceptors (Lipinski definition) is 1. The van der Waals surface area contributed by atoms with Gasteiger partial charge in [-0.1, -0.05) is 29.3 Å². The average molecular weight is 263 g/mol. The van der Waals surface area contributed by atoms with E-state index in [0.717, 1.165) is 0 Å². The molecule has 1 aromatic rings. The minimum atomic E-state index is -6.00. The van der Waals surface area contributed by atoms with Gasteiger partial charge in [-0.25, -0.2) is 0 Å². The highest BCUT2D eigenvalue weighted by atomic mass is 35.5. The van der Waals surface area contributed by atoms with Crippen molar-refractivity contribution in [1.82, 2.24) is 0 Å². The highest BCUT2D eigenvalue weighted by molar-refractivity contribution is 6.50. The number of halogens is 6. The van der Waals surface area contributed by atoms with Gasteiger partial charge in [0.2, 0.25) is 5.39 Å². The molecule has 0 unspecified atom stereocenters. The Balaban J connectivity index is 0. The second-order valence-corrected chi connectivity index (χ2v) is 2.81. The lowest BCUT2D eigenvalue weighted by Crippen LogP contribution is -2.11. The van der Waals surface area contributed by atoms with Crippen molar-refractivity contribution in [3.8, 4) is 0 Å². The van der Waals surface area contributed by atoms with Gasteiger partial charge in [-0.2, -0.15) is 0 Å². The highest BCUT2D eigenvalue weighted by Gasteiger charge is 2.20. The van der Waals surface area contributed by atoms with E-state index in [2.05, 4.69) is 0 Å². The molecule has 0 spiro atoms. The fourth-order valence-electron chi connectivity index (χ4n) is 0.460. The Labute approximate surface area is 93.3 Å². The smallest absolute Gasteiger partial charge is 0.418 e. The summed E-state index contributed by atoms with van der Waals surface area (Å²) in [6, 6.07) is 7.08. The summed E-state index contributed by atoms with van der Waals surface area (Å²) in [4.78, 5) is 0. The van der Waals surface area contributed by atoms with Gasteiger partial charge < -0.3 is 17.3 Å². The molecule has 2 nitrogen and oxygen atoms in total. The summed E-state index contributed by atoms with van der Waals surface area (Å²) in [5, 5.41) is 12.4. The first-order valence-corrected chi connectivity index (χ1v) is 4.05. The molecule has 84 valence electrons. The average Bonchev–Trinajstić information content (AvgIpc) is 2.04. The predicted octanol–water partition coefficient (Wildman–Crippen LogP) is 2.57. The zero-order valence-corrected chi connectivity index (χ0v) is 8.61. The third-order valence-electron chi connectivity index (χ3n) is 0.787. The lowest BCUT2D eigenvalue weighted by Gasteiger charge is -1.94. The molecule has 0 atom stereocenters. The number of benzene rings is 1. The molecular weight excluding hydrogens is 258 g/mol. The standard InChI is InChI=1S/C6H4Cl2.BF4.N2/c7-5-2-1-3-6(8)4-5;2-1(3,4)5;1-2/h1-4H;;/q;-1;/p+1. The van der Waals surface area contributed by atoms with Crippen molar-refractivity contribution in [3.63, 3.8) is 0 Å². The summed E-state index contributed by atoms with van der Waals surface area (Å²) in [6.45, 7) is 0. The molecule has 0 aliphatic carbocycles. The van der Waals surface area contributed by atoms with Gasteiger partial charge in [0.1, 0.15) is 0 Å². The SMILES string of the molecule is Clc1cccc(Cl)c1.F[B-](F)(F)F.N#[NH+]. The third kappa shape index (κ3) is 19.4. The summed E-state index contributed by atoms with van der Waals surface area (Å²) in [7, 11) is -6.00. The van der Waals surface area contributed by atoms with E-state index in [1.54, 1.807) is 18.2 Å². The van der Waals surface area contributed by atoms with E-state index in [-0.39, 0.29) is 0 Å². The molecule has 0 saturated heterocycles. The second-order valence-electron chi connectivity index (χ2n) is 1.93. The quantitative estimate of drug-likeness (QED) is 0.436. The molecule has 0 heterocycles. The fourth-order valence-corrected chi connectivity index (χ4v) is 0.896. The van der Waals surface area contributed by atoms with Crippen LogP contribution in [0.1, 0.15) is 0 Å². The lowest BCUT2D eigenvalue weighted by atomic mass is 10.3. The maximum atomic E-state index is 9.75. The van der Waals surface area contributed by atoms with E-state index in [4.69, 9.17) is 34.0 Å². The highest BCUT2D eigenvalue weighted by Crippen LogP contribution is 2.13. The largest absolute Gasteiger partial charge is 0.673 e. The van der Waals surface area contributed by atoms with Gasteiger partial charge >= 0.3 is 7.25 Å². The van der Waals surface area contributed by atoms with Crippen molar-refractivity contribution in [2.24, 2.45) is 0 Å². The molecule has 0 radical (unpaired) electrons. The van der Waals surface area contributed by atoms with Crippen LogP contribution in [-0.2, 0) is 0 Å². The van der Waals surface area contributed by atoms with Crippen molar-refractivity contribution >= 4 is 30.5 Å². The van der Waals surface area contributed by atoms with Crippen molar-refractivity contribution in [3.05, 3.63) is 34.3 Å². The maximum Gasteiger partial charge on any atom is 0.673 e. The van der Waals surface area contributed by atoms with E-state index < -0.39 is 7.25 Å². The maximum absolute atomic E-state index is 9.75. The molecular formula is C6H5BCl2F4N2. The molecule has 1 rings (SSSR count). The fraction of sp³-hybridized carbons (Fsp3) is 0. The molecule has 0 bridgehead atoms. The van der Waals surface area contributed by atoms with Crippen molar-refractivity contribution < 1.29 is 22.7 Å². The van der Waals surface area contributed by atoms with Gasteiger partial charge in [0, 0.05) is 10.0 Å². The molecule has 0 amide bonds. The number of rotatable bonds is 0. The first kappa shape index (κ1) is 16.4. The van der Waals surface area contributed by atoms with E-state index in [0.29, 0.717) is 10.0 Å². The summed E-state index contributed by atoms with van der Waals surface area (Å²) in [5.41, 5.74) is 0. The summed E-state index contributed by atoms with van der Waals surface area (Å²) >= 11 is 11.1. The van der Waals surface area contributed by atoms with Gasteiger partial charge in [-0.15, -0.1) is 0 Å². The molecule has 1 aromatic carbocycles. The van der Waals surface area contributed by atoms with Crippen LogP contribution in [0, 0.1) is 5.39 Å². The molecule has 0 aliphatic heterocycles. The van der Waals surface area contributed by atoms with Crippen molar-refractivity contribution in [1.29, 1.82) is 5.39 Å². The zero-order valence-electron chi connectivity index (χ0n) is 7.10. The molecule has 0 aliphatic rings. The number of diazo groups is 1. The Morgan fingerprint density at radius 1 is 1.00 bits per heavy atom. The zero-order chi connectivity index (χ0) is 12.5. The molecule has 0 aromatic heterocycles. The van der Waals surface area contributed by atoms with E-state index >= 15 is 0 Å². The van der Waals surface area contributed by atoms with Crippen LogP contribution in [0.25, 0.3) is 0 Å². The normalized spacial score (nSPS) is 9.07. The van der Waals surface area contributed by atoms with Crippen LogP contribution in [-0.4, -0.2) is 7.25 Å². The second kappa shape index (κ2) is 8.32. The monoisotopic (exact) mass is 262 g/mol. The molecule has 9 heteroatoms. The van der Waals surface area contributed by atoms with Crippen LogP contribution in [0.4, 0.5) is 17.3 Å². The Morgan fingerprint density at radius 3 is 1.40 bits per heavy atom. The van der Waals surface area contributed by atoms with Crippen LogP contribution in [0.15, 0.2) is 24.3 Å². The summed E-state index contributed by atoms with van der Waals surface area (Å²) < 4.78 is 39.0. The van der Waals surface area contributed by atoms with Crippen LogP contribution < -0.4 is 5.39 Å². The molecule has 15 heavy (non-hydrogen) atoms. The van der Waals surface area contributed by atoms with Gasteiger partial charge in [0.25, 0.3) is 0 Å². The Bertz CT molecular complexity index is 281. The van der Waals surface area contributed by atoms with Gasteiger partial charge in [-0.3, -0.25) is 0 Å². The molecule has 0 saturated carbocycles. The minimum Gasteiger partial charge on any atom is -0.418 e. The van der Waals surface area contributed by atoms with Gasteiger partial charge in [0.15, 0.2) is 0 Å². The van der Waals surface area contributed by atoms with Gasteiger partial charge in [0.05, 0.1) is 5.39 Å². The molecule has 0 fully saturated rings. The van der Waals surface area contributed by atoms with Crippen LogP contribution >= 0.6 is 23.2 Å². The minimum absolute atomic E-state index is 0.678. The lowest BCUT2D eigenvalue weighted by molar-refractivity contribution is -0.175.